The zero-order valence-electron chi connectivity index (χ0n) is 5.48. The fourth-order valence-corrected chi connectivity index (χ4v) is 0.538. The average molecular weight is 117 g/mol. The van der Waals surface area contributed by atoms with Crippen LogP contribution < -0.4 is 5.32 Å². The van der Waals surface area contributed by atoms with Crippen LogP contribution >= 0.6 is 0 Å². The van der Waals surface area contributed by atoms with Crippen molar-refractivity contribution >= 4 is 0 Å². The lowest BCUT2D eigenvalue weighted by molar-refractivity contribution is -0.899. The van der Waals surface area contributed by atoms with Gasteiger partial charge in [0.05, 0.1) is 0 Å². The normalized spacial score (nSPS) is 35.2. The van der Waals surface area contributed by atoms with Gasteiger partial charge in [-0.2, -0.15) is 0 Å². The van der Waals surface area contributed by atoms with Gasteiger partial charge in [-0.3, -0.25) is 5.32 Å². The monoisotopic (exact) mass is 117 g/mol. The van der Waals surface area contributed by atoms with Crippen molar-refractivity contribution in [3.05, 3.63) is 0 Å². The Bertz CT molecular complexity index is 80.5. The number of hydrogen-bond acceptors (Lipinski definition) is 2. The first-order chi connectivity index (χ1) is 3.77. The number of nitrogens with zero attached hydrogens (tertiary/aromatic N) is 1. The van der Waals surface area contributed by atoms with Crippen molar-refractivity contribution in [3.63, 3.8) is 0 Å². The molecule has 1 N–H and O–H groups in total. The third-order valence-corrected chi connectivity index (χ3v) is 1.27. The van der Waals surface area contributed by atoms with Gasteiger partial charge in [-0.15, -0.1) is 9.48 Å². The molecule has 1 aliphatic heterocycles. The van der Waals surface area contributed by atoms with Gasteiger partial charge >= 0.3 is 0 Å². The molecule has 0 radical (unpaired) electrons. The maximum Gasteiger partial charge on any atom is 0.266 e. The molecule has 1 aliphatic rings. The number of quaternary nitrogens is 1. The molecule has 0 aromatic carbocycles. The molecule has 0 aliphatic carbocycles. The summed E-state index contributed by atoms with van der Waals surface area (Å²) in [6.07, 6.45) is 0. The SMILES string of the molecule is CCNC[N+]1(C)CO1. The molecule has 1 rings (SSSR count). The van der Waals surface area contributed by atoms with Crippen LogP contribution in [0.4, 0.5) is 0 Å². The predicted octanol–water partition coefficient (Wildman–Crippen LogP) is -0.0973. The molecule has 1 unspecified atom stereocenters. The Kier molecular flexibility index (Phi) is 1.51. The highest BCUT2D eigenvalue weighted by molar-refractivity contribution is 4.29. The van der Waals surface area contributed by atoms with Gasteiger partial charge < -0.3 is 0 Å². The zero-order valence-corrected chi connectivity index (χ0v) is 5.48. The van der Waals surface area contributed by atoms with Crippen molar-refractivity contribution in [2.45, 2.75) is 6.92 Å². The molecular weight excluding hydrogens is 104 g/mol. The maximum absolute atomic E-state index is 5.07. The van der Waals surface area contributed by atoms with Gasteiger partial charge in [-0.05, 0) is 6.54 Å². The lowest BCUT2D eigenvalue weighted by atomic mass is 10.7. The largest absolute Gasteiger partial charge is 0.268 e. The van der Waals surface area contributed by atoms with Crippen LogP contribution in [0.15, 0.2) is 0 Å². The molecule has 8 heavy (non-hydrogen) atoms. The molecule has 0 aromatic heterocycles. The van der Waals surface area contributed by atoms with Crippen LogP contribution in [0.25, 0.3) is 0 Å². The van der Waals surface area contributed by atoms with Gasteiger partial charge in [-0.1, -0.05) is 6.92 Å². The average Bonchev–Trinajstić information content (AvgIpc) is 2.45. The standard InChI is InChI=1S/C5H13N2O/c1-3-6-4-7(2)5-8-7/h6H,3-5H2,1-2H3/q+1. The number of nitrogens with one attached hydrogen (secondary N) is 1. The van der Waals surface area contributed by atoms with Crippen LogP contribution in [0.2, 0.25) is 0 Å². The first kappa shape index (κ1) is 6.01. The highest BCUT2D eigenvalue weighted by atomic mass is 16.9. The summed E-state index contributed by atoms with van der Waals surface area (Å²) >= 11 is 0. The molecule has 1 saturated heterocycles. The molecule has 0 saturated carbocycles. The highest BCUT2D eigenvalue weighted by Crippen LogP contribution is 2.16. The number of hydroxylamine groups is 3. The summed E-state index contributed by atoms with van der Waals surface area (Å²) in [6.45, 7) is 4.93. The molecule has 1 atom stereocenters. The van der Waals surface area contributed by atoms with E-state index in [1.165, 1.54) is 0 Å². The molecule has 3 heteroatoms. The Labute approximate surface area is 49.8 Å². The molecule has 1 fully saturated rings. The summed E-state index contributed by atoms with van der Waals surface area (Å²) < 4.78 is 0.744. The molecule has 0 amide bonds. The molecule has 0 spiro atoms. The molecule has 0 bridgehead atoms. The van der Waals surface area contributed by atoms with Crippen molar-refractivity contribution in [2.24, 2.45) is 0 Å². The van der Waals surface area contributed by atoms with E-state index in [2.05, 4.69) is 19.3 Å². The van der Waals surface area contributed by atoms with Gasteiger partial charge in [0.2, 0.25) is 0 Å². The quantitative estimate of drug-likeness (QED) is 0.412. The van der Waals surface area contributed by atoms with Gasteiger partial charge in [0.25, 0.3) is 6.73 Å². The van der Waals surface area contributed by atoms with Crippen LogP contribution in [0.1, 0.15) is 6.92 Å². The Hall–Kier alpha value is -0.120. The van der Waals surface area contributed by atoms with E-state index in [1.807, 2.05) is 0 Å². The summed E-state index contributed by atoms with van der Waals surface area (Å²) in [6, 6.07) is 0. The number of rotatable bonds is 3. The Morgan fingerprint density at radius 3 is 2.75 bits per heavy atom. The van der Waals surface area contributed by atoms with Crippen molar-refractivity contribution in [1.82, 2.24) is 5.32 Å². The van der Waals surface area contributed by atoms with Gasteiger partial charge in [-0.25, -0.2) is 0 Å². The van der Waals surface area contributed by atoms with E-state index in [-0.39, 0.29) is 0 Å². The van der Waals surface area contributed by atoms with E-state index < -0.39 is 0 Å². The van der Waals surface area contributed by atoms with Crippen molar-refractivity contribution < 1.29 is 9.48 Å². The molecule has 1 heterocycles. The smallest absolute Gasteiger partial charge is 0.266 e. The van der Waals surface area contributed by atoms with E-state index in [1.54, 1.807) is 0 Å². The number of hydrogen-bond donors (Lipinski definition) is 1. The molecule has 48 valence electrons. The summed E-state index contributed by atoms with van der Waals surface area (Å²) in [5.41, 5.74) is 0. The minimum atomic E-state index is 0.744. The van der Waals surface area contributed by atoms with Crippen LogP contribution in [0.5, 0.6) is 0 Å². The van der Waals surface area contributed by atoms with Crippen LogP contribution in [0.3, 0.4) is 0 Å². The van der Waals surface area contributed by atoms with E-state index in [9.17, 15) is 0 Å². The maximum atomic E-state index is 5.07. The minimum absolute atomic E-state index is 0.744. The summed E-state index contributed by atoms with van der Waals surface area (Å²) in [4.78, 5) is 5.07. The van der Waals surface area contributed by atoms with E-state index in [0.29, 0.717) is 0 Å². The van der Waals surface area contributed by atoms with Gasteiger partial charge in [0.1, 0.15) is 7.05 Å². The van der Waals surface area contributed by atoms with E-state index in [0.717, 1.165) is 24.6 Å². The molecule has 3 nitrogen and oxygen atoms in total. The van der Waals surface area contributed by atoms with Crippen molar-refractivity contribution in [3.8, 4) is 0 Å². The Morgan fingerprint density at radius 2 is 2.38 bits per heavy atom. The third kappa shape index (κ3) is 1.43. The van der Waals surface area contributed by atoms with Crippen LogP contribution in [0, 0.1) is 0 Å². The van der Waals surface area contributed by atoms with Crippen molar-refractivity contribution in [2.75, 3.05) is 27.0 Å². The summed E-state index contributed by atoms with van der Waals surface area (Å²) in [5.74, 6) is 0. The lowest BCUT2D eigenvalue weighted by Crippen LogP contribution is -2.32. The Balaban J connectivity index is 2.01. The third-order valence-electron chi connectivity index (χ3n) is 1.27. The van der Waals surface area contributed by atoms with E-state index in [4.69, 9.17) is 4.84 Å². The second-order valence-corrected chi connectivity index (χ2v) is 2.32. The van der Waals surface area contributed by atoms with Gasteiger partial charge in [0.15, 0.2) is 6.67 Å². The van der Waals surface area contributed by atoms with Gasteiger partial charge in [0, 0.05) is 0 Å². The molecular formula is C5H13N2O+. The summed E-state index contributed by atoms with van der Waals surface area (Å²) in [7, 11) is 2.06. The second-order valence-electron chi connectivity index (χ2n) is 2.32. The topological polar surface area (TPSA) is 24.6 Å². The van der Waals surface area contributed by atoms with Crippen LogP contribution in [-0.2, 0) is 4.84 Å². The predicted molar refractivity (Wildman–Crippen MR) is 30.7 cm³/mol. The fourth-order valence-electron chi connectivity index (χ4n) is 0.538. The summed E-state index contributed by atoms with van der Waals surface area (Å²) in [5, 5.41) is 3.20. The molecule has 0 aromatic rings. The second kappa shape index (κ2) is 2.01. The highest BCUT2D eigenvalue weighted by Gasteiger charge is 2.39. The van der Waals surface area contributed by atoms with Crippen LogP contribution in [-0.4, -0.2) is 31.6 Å². The Morgan fingerprint density at radius 1 is 1.75 bits per heavy atom. The van der Waals surface area contributed by atoms with Crippen molar-refractivity contribution in [1.29, 1.82) is 0 Å². The fraction of sp³-hybridized carbons (Fsp3) is 1.00. The first-order valence-corrected chi connectivity index (χ1v) is 2.97. The lowest BCUT2D eigenvalue weighted by Gasteiger charge is -2.03. The first-order valence-electron chi connectivity index (χ1n) is 2.97. The zero-order chi connectivity index (χ0) is 6.04. The van der Waals surface area contributed by atoms with E-state index >= 15 is 0 Å². The minimum Gasteiger partial charge on any atom is -0.268 e.